The van der Waals surface area contributed by atoms with Crippen molar-refractivity contribution in [1.29, 1.82) is 0 Å². The number of aromatic nitrogens is 2. The molecule has 2 N–H and O–H groups in total. The Hall–Kier alpha value is -0.780. The highest BCUT2D eigenvalue weighted by molar-refractivity contribution is 7.10. The lowest BCUT2D eigenvalue weighted by molar-refractivity contribution is 0.887. The Bertz CT molecular complexity index is 392. The van der Waals surface area contributed by atoms with E-state index in [1.807, 2.05) is 6.92 Å². The first-order valence-electron chi connectivity index (χ1n) is 4.28. The second-order valence-electron chi connectivity index (χ2n) is 3.17. The minimum absolute atomic E-state index is 0.0602. The van der Waals surface area contributed by atoms with Gasteiger partial charge in [-0.1, -0.05) is 4.49 Å². The highest BCUT2D eigenvalue weighted by atomic mass is 32.1. The van der Waals surface area contributed by atoms with Crippen molar-refractivity contribution < 1.29 is 0 Å². The number of nitrogens with two attached hydrogens (primary N) is 1. The second kappa shape index (κ2) is 3.76. The van der Waals surface area contributed by atoms with Crippen molar-refractivity contribution in [2.75, 3.05) is 0 Å². The summed E-state index contributed by atoms with van der Waals surface area (Å²) < 4.78 is 3.90. The number of nitrogens with zero attached hydrogens (tertiary/aromatic N) is 2. The van der Waals surface area contributed by atoms with E-state index in [1.165, 1.54) is 22.0 Å². The van der Waals surface area contributed by atoms with Gasteiger partial charge in [0.25, 0.3) is 0 Å². The largest absolute Gasteiger partial charge is 0.319 e. The summed E-state index contributed by atoms with van der Waals surface area (Å²) in [5, 5.41) is 6.03. The molecule has 0 aliphatic heterocycles. The number of rotatable bonds is 2. The Morgan fingerprint density at radius 2 is 2.14 bits per heavy atom. The molecule has 1 unspecified atom stereocenters. The molecule has 0 spiro atoms. The van der Waals surface area contributed by atoms with E-state index in [4.69, 9.17) is 5.73 Å². The maximum absolute atomic E-state index is 6.15. The molecule has 74 valence electrons. The fourth-order valence-electron chi connectivity index (χ4n) is 1.34. The van der Waals surface area contributed by atoms with Crippen molar-refractivity contribution in [2.24, 2.45) is 5.73 Å². The summed E-state index contributed by atoms with van der Waals surface area (Å²) in [6.07, 6.45) is 0. The molecular formula is C9H11N3S2. The molecule has 3 nitrogen and oxygen atoms in total. The normalized spacial score (nSPS) is 13.1. The molecule has 2 aromatic heterocycles. The average Bonchev–Trinajstić information content (AvgIpc) is 2.73. The Labute approximate surface area is 90.8 Å². The number of thiophene rings is 1. The first-order valence-corrected chi connectivity index (χ1v) is 5.94. The van der Waals surface area contributed by atoms with Gasteiger partial charge in [0, 0.05) is 4.88 Å². The molecule has 0 bridgehead atoms. The van der Waals surface area contributed by atoms with Crippen molar-refractivity contribution in [1.82, 2.24) is 9.59 Å². The van der Waals surface area contributed by atoms with Gasteiger partial charge in [0.2, 0.25) is 0 Å². The number of hydrogen-bond acceptors (Lipinski definition) is 5. The highest BCUT2D eigenvalue weighted by Crippen LogP contribution is 2.30. The molecule has 2 heterocycles. The van der Waals surface area contributed by atoms with Crippen LogP contribution >= 0.6 is 22.9 Å². The monoisotopic (exact) mass is 225 g/mol. The van der Waals surface area contributed by atoms with Gasteiger partial charge < -0.3 is 5.73 Å². The van der Waals surface area contributed by atoms with E-state index in [9.17, 15) is 0 Å². The second-order valence-corrected chi connectivity index (χ2v) is 4.90. The fourth-order valence-corrected chi connectivity index (χ4v) is 3.01. The van der Waals surface area contributed by atoms with Crippen LogP contribution in [0.1, 0.15) is 27.1 Å². The van der Waals surface area contributed by atoms with Gasteiger partial charge in [0.05, 0.1) is 16.6 Å². The van der Waals surface area contributed by atoms with Crippen LogP contribution in [0.3, 0.4) is 0 Å². The third-order valence-electron chi connectivity index (χ3n) is 2.15. The molecule has 0 fully saturated rings. The fraction of sp³-hybridized carbons (Fsp3) is 0.333. The summed E-state index contributed by atoms with van der Waals surface area (Å²) in [7, 11) is 0. The third-order valence-corrected chi connectivity index (χ3v) is 4.16. The van der Waals surface area contributed by atoms with E-state index in [0.29, 0.717) is 0 Å². The van der Waals surface area contributed by atoms with Crippen LogP contribution in [0.25, 0.3) is 0 Å². The van der Waals surface area contributed by atoms with Gasteiger partial charge in [-0.3, -0.25) is 0 Å². The predicted molar refractivity (Wildman–Crippen MR) is 59.7 cm³/mol. The van der Waals surface area contributed by atoms with Gasteiger partial charge in [-0.2, -0.15) is 0 Å². The lowest BCUT2D eigenvalue weighted by Crippen LogP contribution is -2.10. The average molecular weight is 225 g/mol. The van der Waals surface area contributed by atoms with Crippen molar-refractivity contribution in [3.05, 3.63) is 32.5 Å². The Morgan fingerprint density at radius 3 is 2.64 bits per heavy atom. The van der Waals surface area contributed by atoms with Crippen molar-refractivity contribution in [3.8, 4) is 0 Å². The molecule has 0 amide bonds. The smallest absolute Gasteiger partial charge is 0.0777 e. The quantitative estimate of drug-likeness (QED) is 0.853. The van der Waals surface area contributed by atoms with Gasteiger partial charge in [-0.25, -0.2) is 0 Å². The first kappa shape index (κ1) is 9.76. The minimum Gasteiger partial charge on any atom is -0.319 e. The van der Waals surface area contributed by atoms with Crippen molar-refractivity contribution in [3.63, 3.8) is 0 Å². The summed E-state index contributed by atoms with van der Waals surface area (Å²) in [6.45, 7) is 4.02. The van der Waals surface area contributed by atoms with Crippen molar-refractivity contribution in [2.45, 2.75) is 19.9 Å². The first-order chi connectivity index (χ1) is 6.70. The van der Waals surface area contributed by atoms with E-state index in [2.05, 4.69) is 28.0 Å². The van der Waals surface area contributed by atoms with Crippen LogP contribution in [0.5, 0.6) is 0 Å². The molecule has 1 atom stereocenters. The highest BCUT2D eigenvalue weighted by Gasteiger charge is 2.17. The molecule has 2 aromatic rings. The molecule has 0 saturated carbocycles. The summed E-state index contributed by atoms with van der Waals surface area (Å²) in [5.74, 6) is 0. The molecule has 14 heavy (non-hydrogen) atoms. The van der Waals surface area contributed by atoms with E-state index < -0.39 is 0 Å². The lowest BCUT2D eigenvalue weighted by Gasteiger charge is -2.08. The van der Waals surface area contributed by atoms with E-state index in [-0.39, 0.29) is 6.04 Å². The van der Waals surface area contributed by atoms with E-state index >= 15 is 0 Å². The Kier molecular flexibility index (Phi) is 2.62. The molecule has 0 aliphatic carbocycles. The molecule has 0 aliphatic rings. The summed E-state index contributed by atoms with van der Waals surface area (Å²) in [4.78, 5) is 2.27. The van der Waals surface area contributed by atoms with Crippen LogP contribution < -0.4 is 5.73 Å². The van der Waals surface area contributed by atoms with Crippen molar-refractivity contribution >= 4 is 22.9 Å². The van der Waals surface area contributed by atoms with Crippen LogP contribution in [-0.4, -0.2) is 9.59 Å². The van der Waals surface area contributed by atoms with Crippen LogP contribution in [0, 0.1) is 13.8 Å². The number of hydrogen-bond donors (Lipinski definition) is 1. The molecule has 0 radical (unpaired) electrons. The Balaban J connectivity index is 2.38. The van der Waals surface area contributed by atoms with Crippen LogP contribution in [0.15, 0.2) is 11.4 Å². The van der Waals surface area contributed by atoms with Gasteiger partial charge in [-0.05, 0) is 42.4 Å². The summed E-state index contributed by atoms with van der Waals surface area (Å²) in [6, 6.07) is 2.03. The van der Waals surface area contributed by atoms with E-state index in [1.54, 1.807) is 11.3 Å². The standard InChI is InChI=1S/C9H11N3S2/c1-5-3-4-13-8(5)7(10)9-6(2)11-12-14-9/h3-4,7H,10H2,1-2H3. The zero-order chi connectivity index (χ0) is 10.1. The number of aryl methyl sites for hydroxylation is 2. The van der Waals surface area contributed by atoms with Gasteiger partial charge in [0.15, 0.2) is 0 Å². The summed E-state index contributed by atoms with van der Waals surface area (Å²) >= 11 is 3.08. The zero-order valence-corrected chi connectivity index (χ0v) is 9.65. The molecule has 2 rings (SSSR count). The molecule has 5 heteroatoms. The maximum Gasteiger partial charge on any atom is 0.0777 e. The molecule has 0 aromatic carbocycles. The third kappa shape index (κ3) is 1.58. The van der Waals surface area contributed by atoms with Crippen LogP contribution in [-0.2, 0) is 0 Å². The van der Waals surface area contributed by atoms with Crippen LogP contribution in [0.2, 0.25) is 0 Å². The van der Waals surface area contributed by atoms with Crippen LogP contribution in [0.4, 0.5) is 0 Å². The minimum atomic E-state index is -0.0602. The van der Waals surface area contributed by atoms with E-state index in [0.717, 1.165) is 10.6 Å². The SMILES string of the molecule is Cc1ccsc1C(N)c1snnc1C. The Morgan fingerprint density at radius 1 is 1.36 bits per heavy atom. The molecular weight excluding hydrogens is 214 g/mol. The lowest BCUT2D eigenvalue weighted by atomic mass is 10.1. The topological polar surface area (TPSA) is 51.8 Å². The van der Waals surface area contributed by atoms with Gasteiger partial charge in [-0.15, -0.1) is 16.4 Å². The summed E-state index contributed by atoms with van der Waals surface area (Å²) in [5.41, 5.74) is 8.33. The maximum atomic E-state index is 6.15. The predicted octanol–water partition coefficient (Wildman–Crippen LogP) is 2.26. The molecule has 0 saturated heterocycles. The zero-order valence-electron chi connectivity index (χ0n) is 8.02. The van der Waals surface area contributed by atoms with Gasteiger partial charge >= 0.3 is 0 Å². The van der Waals surface area contributed by atoms with Gasteiger partial charge in [0.1, 0.15) is 0 Å².